The zero-order valence-corrected chi connectivity index (χ0v) is 16.0. The summed E-state index contributed by atoms with van der Waals surface area (Å²) in [7, 11) is 0. The lowest BCUT2D eigenvalue weighted by atomic mass is 10.1. The van der Waals surface area contributed by atoms with Crippen LogP contribution in [0.3, 0.4) is 0 Å². The number of benzene rings is 2. The van der Waals surface area contributed by atoms with Crippen molar-refractivity contribution in [3.8, 4) is 5.75 Å². The van der Waals surface area contributed by atoms with Crippen LogP contribution >= 0.6 is 0 Å². The Morgan fingerprint density at radius 1 is 1.11 bits per heavy atom. The van der Waals surface area contributed by atoms with Crippen molar-refractivity contribution in [3.05, 3.63) is 71.3 Å². The van der Waals surface area contributed by atoms with Crippen molar-refractivity contribution < 1.29 is 14.3 Å². The molecule has 0 amide bonds. The van der Waals surface area contributed by atoms with E-state index in [-0.39, 0.29) is 12.1 Å². The Bertz CT molecular complexity index is 738. The minimum absolute atomic E-state index is 0.00877. The van der Waals surface area contributed by atoms with Gasteiger partial charge in [0.25, 0.3) is 0 Å². The van der Waals surface area contributed by atoms with Crippen molar-refractivity contribution in [2.75, 3.05) is 6.61 Å². The molecule has 3 rings (SSSR count). The van der Waals surface area contributed by atoms with E-state index in [1.165, 1.54) is 18.4 Å². The molecule has 142 valence electrons. The van der Waals surface area contributed by atoms with Crippen molar-refractivity contribution in [2.24, 2.45) is 0 Å². The van der Waals surface area contributed by atoms with Gasteiger partial charge in [0, 0.05) is 12.0 Å². The summed E-state index contributed by atoms with van der Waals surface area (Å²) in [6, 6.07) is 15.7. The van der Waals surface area contributed by atoms with Gasteiger partial charge < -0.3 is 9.47 Å². The molecule has 1 aliphatic heterocycles. The molecule has 0 saturated carbocycles. The molecule has 0 aliphatic carbocycles. The first kappa shape index (κ1) is 19.4. The number of ether oxygens (including phenoxy) is 2. The number of hydrogen-bond acceptors (Lipinski definition) is 3. The van der Waals surface area contributed by atoms with Crippen LogP contribution in [0.15, 0.2) is 54.6 Å². The predicted molar refractivity (Wildman–Crippen MR) is 109 cm³/mol. The van der Waals surface area contributed by atoms with Gasteiger partial charge in [0.05, 0.1) is 6.61 Å². The van der Waals surface area contributed by atoms with Gasteiger partial charge in [-0.1, -0.05) is 43.7 Å². The van der Waals surface area contributed by atoms with Crippen molar-refractivity contribution >= 4 is 11.9 Å². The number of carbonyl (C=O) groups is 1. The average Bonchev–Trinajstić information content (AvgIpc) is 2.72. The Morgan fingerprint density at radius 3 is 2.56 bits per heavy atom. The van der Waals surface area contributed by atoms with Crippen LogP contribution in [0.4, 0.5) is 0 Å². The molecule has 1 atom stereocenters. The van der Waals surface area contributed by atoms with Crippen LogP contribution in [0.1, 0.15) is 60.5 Å². The number of unbranched alkanes of at least 4 members (excludes halogenated alkanes) is 1. The molecule has 0 bridgehead atoms. The van der Waals surface area contributed by atoms with E-state index >= 15 is 0 Å². The standard InChI is InChI=1S/C24H28O3/c1-2-3-6-19-8-10-20(11-9-19)12-17-23(25)21-13-15-22(16-14-21)27-24-7-4-5-18-26-24/h8-17,24H,2-7,18H2,1H3/b17-12+. The highest BCUT2D eigenvalue weighted by Crippen LogP contribution is 2.20. The van der Waals surface area contributed by atoms with E-state index in [0.717, 1.165) is 43.6 Å². The number of ketones is 1. The summed E-state index contributed by atoms with van der Waals surface area (Å²) in [5, 5.41) is 0. The molecule has 1 fully saturated rings. The summed E-state index contributed by atoms with van der Waals surface area (Å²) in [5.41, 5.74) is 3.04. The third kappa shape index (κ3) is 6.07. The van der Waals surface area contributed by atoms with Crippen LogP contribution < -0.4 is 4.74 Å². The van der Waals surface area contributed by atoms with E-state index in [1.807, 2.05) is 18.2 Å². The Balaban J connectivity index is 1.54. The lowest BCUT2D eigenvalue weighted by Gasteiger charge is -2.23. The number of hydrogen-bond donors (Lipinski definition) is 0. The van der Waals surface area contributed by atoms with E-state index in [4.69, 9.17) is 9.47 Å². The van der Waals surface area contributed by atoms with Gasteiger partial charge in [-0.05, 0) is 67.2 Å². The van der Waals surface area contributed by atoms with E-state index in [0.29, 0.717) is 5.56 Å². The Kier molecular flexibility index (Phi) is 7.23. The number of aryl methyl sites for hydroxylation is 1. The van der Waals surface area contributed by atoms with Gasteiger partial charge in [0.2, 0.25) is 0 Å². The van der Waals surface area contributed by atoms with Gasteiger partial charge in [-0.15, -0.1) is 0 Å². The average molecular weight is 364 g/mol. The highest BCUT2D eigenvalue weighted by atomic mass is 16.7. The monoisotopic (exact) mass is 364 g/mol. The van der Waals surface area contributed by atoms with Crippen molar-refractivity contribution in [2.45, 2.75) is 51.7 Å². The van der Waals surface area contributed by atoms with E-state index < -0.39 is 0 Å². The maximum atomic E-state index is 12.4. The highest BCUT2D eigenvalue weighted by molar-refractivity contribution is 6.06. The summed E-state index contributed by atoms with van der Waals surface area (Å²) in [5.74, 6) is 0.732. The second-order valence-electron chi connectivity index (χ2n) is 6.98. The van der Waals surface area contributed by atoms with Gasteiger partial charge in [-0.3, -0.25) is 4.79 Å². The van der Waals surface area contributed by atoms with Crippen LogP contribution in [0.5, 0.6) is 5.75 Å². The van der Waals surface area contributed by atoms with Crippen molar-refractivity contribution in [1.29, 1.82) is 0 Å². The summed E-state index contributed by atoms with van der Waals surface area (Å²) < 4.78 is 11.4. The van der Waals surface area contributed by atoms with E-state index in [1.54, 1.807) is 18.2 Å². The van der Waals surface area contributed by atoms with Gasteiger partial charge in [-0.25, -0.2) is 0 Å². The zero-order chi connectivity index (χ0) is 18.9. The third-order valence-corrected chi connectivity index (χ3v) is 4.77. The molecule has 3 nitrogen and oxygen atoms in total. The van der Waals surface area contributed by atoms with Crippen LogP contribution in [0, 0.1) is 0 Å². The van der Waals surface area contributed by atoms with Gasteiger partial charge >= 0.3 is 0 Å². The second kappa shape index (κ2) is 10.1. The zero-order valence-electron chi connectivity index (χ0n) is 16.0. The molecule has 0 spiro atoms. The van der Waals surface area contributed by atoms with Crippen LogP contribution in [0.2, 0.25) is 0 Å². The maximum absolute atomic E-state index is 12.4. The smallest absolute Gasteiger partial charge is 0.199 e. The van der Waals surface area contributed by atoms with Gasteiger partial charge in [0.15, 0.2) is 12.1 Å². The molecule has 1 aliphatic rings. The molecule has 0 radical (unpaired) electrons. The van der Waals surface area contributed by atoms with Crippen LogP contribution in [0.25, 0.3) is 6.08 Å². The number of carbonyl (C=O) groups excluding carboxylic acids is 1. The summed E-state index contributed by atoms with van der Waals surface area (Å²) in [6.07, 6.45) is 9.99. The van der Waals surface area contributed by atoms with Crippen molar-refractivity contribution in [1.82, 2.24) is 0 Å². The Labute approximate surface area is 162 Å². The first-order valence-electron chi connectivity index (χ1n) is 9.94. The Morgan fingerprint density at radius 2 is 1.89 bits per heavy atom. The lowest BCUT2D eigenvalue weighted by Crippen LogP contribution is -2.24. The maximum Gasteiger partial charge on any atom is 0.199 e. The molecule has 0 N–H and O–H groups in total. The summed E-state index contributed by atoms with van der Waals surface area (Å²) in [4.78, 5) is 12.4. The molecule has 3 heteroatoms. The van der Waals surface area contributed by atoms with Crippen LogP contribution in [-0.4, -0.2) is 18.7 Å². The third-order valence-electron chi connectivity index (χ3n) is 4.77. The van der Waals surface area contributed by atoms with Gasteiger partial charge in [0.1, 0.15) is 5.75 Å². The molecule has 1 saturated heterocycles. The Hall–Kier alpha value is -2.39. The first-order valence-corrected chi connectivity index (χ1v) is 9.94. The number of rotatable bonds is 8. The first-order chi connectivity index (χ1) is 13.2. The highest BCUT2D eigenvalue weighted by Gasteiger charge is 2.15. The topological polar surface area (TPSA) is 35.5 Å². The number of allylic oxidation sites excluding steroid dienone is 1. The normalized spacial score (nSPS) is 17.1. The quantitative estimate of drug-likeness (QED) is 0.437. The molecular weight excluding hydrogens is 336 g/mol. The fourth-order valence-corrected chi connectivity index (χ4v) is 3.10. The van der Waals surface area contributed by atoms with E-state index in [9.17, 15) is 4.79 Å². The summed E-state index contributed by atoms with van der Waals surface area (Å²) >= 11 is 0. The molecule has 2 aromatic carbocycles. The lowest BCUT2D eigenvalue weighted by molar-refractivity contribution is -0.105. The molecule has 27 heavy (non-hydrogen) atoms. The fourth-order valence-electron chi connectivity index (χ4n) is 3.10. The largest absolute Gasteiger partial charge is 0.465 e. The molecular formula is C24H28O3. The minimum atomic E-state index is -0.166. The van der Waals surface area contributed by atoms with Crippen LogP contribution in [-0.2, 0) is 11.2 Å². The van der Waals surface area contributed by atoms with E-state index in [2.05, 4.69) is 31.2 Å². The van der Waals surface area contributed by atoms with Crippen molar-refractivity contribution in [3.63, 3.8) is 0 Å². The second-order valence-corrected chi connectivity index (χ2v) is 6.98. The molecule has 0 aromatic heterocycles. The molecule has 1 unspecified atom stereocenters. The minimum Gasteiger partial charge on any atom is -0.465 e. The van der Waals surface area contributed by atoms with Gasteiger partial charge in [-0.2, -0.15) is 0 Å². The molecule has 1 heterocycles. The fraction of sp³-hybridized carbons (Fsp3) is 0.375. The SMILES string of the molecule is CCCCc1ccc(/C=C/C(=O)c2ccc(OC3CCCCO3)cc2)cc1. The molecule has 2 aromatic rings. The predicted octanol–water partition coefficient (Wildman–Crippen LogP) is 5.83. The summed E-state index contributed by atoms with van der Waals surface area (Å²) in [6.45, 7) is 2.96.